The first kappa shape index (κ1) is 18.7. The summed E-state index contributed by atoms with van der Waals surface area (Å²) in [4.78, 5) is 12.2. The Bertz CT molecular complexity index is 894. The summed E-state index contributed by atoms with van der Waals surface area (Å²) in [5.41, 5.74) is 0.759. The molecule has 2 heterocycles. The molecule has 1 amide bonds. The molecule has 27 heavy (non-hydrogen) atoms. The van der Waals surface area contributed by atoms with E-state index >= 15 is 0 Å². The SMILES string of the molecule is CCOc1ccccc1OCCCC(=O)NC(C)c1nnc2ccccn12. The van der Waals surface area contributed by atoms with Crippen molar-refractivity contribution in [3.05, 3.63) is 54.5 Å². The second-order valence-electron chi connectivity index (χ2n) is 6.11. The highest BCUT2D eigenvalue weighted by molar-refractivity contribution is 5.76. The van der Waals surface area contributed by atoms with E-state index < -0.39 is 0 Å². The molecule has 0 saturated carbocycles. The van der Waals surface area contributed by atoms with E-state index in [1.165, 1.54) is 0 Å². The van der Waals surface area contributed by atoms with Crippen LogP contribution in [0.4, 0.5) is 0 Å². The monoisotopic (exact) mass is 368 g/mol. The van der Waals surface area contributed by atoms with Gasteiger partial charge in [-0.1, -0.05) is 18.2 Å². The summed E-state index contributed by atoms with van der Waals surface area (Å²) < 4.78 is 13.1. The van der Waals surface area contributed by atoms with Crippen LogP contribution in [0.15, 0.2) is 48.7 Å². The molecule has 1 atom stereocenters. The Labute approximate surface area is 158 Å². The number of nitrogens with one attached hydrogen (secondary N) is 1. The Morgan fingerprint density at radius 1 is 1.11 bits per heavy atom. The van der Waals surface area contributed by atoms with Crippen molar-refractivity contribution >= 4 is 11.6 Å². The molecule has 142 valence electrons. The normalized spacial score (nSPS) is 11.9. The molecule has 0 radical (unpaired) electrons. The highest BCUT2D eigenvalue weighted by atomic mass is 16.5. The van der Waals surface area contributed by atoms with Gasteiger partial charge in [-0.25, -0.2) is 0 Å². The standard InChI is InChI=1S/C20H24N4O3/c1-3-26-16-9-4-5-10-17(16)27-14-8-12-19(25)21-15(2)20-23-22-18-11-6-7-13-24(18)20/h4-7,9-11,13,15H,3,8,12,14H2,1-2H3,(H,21,25). The minimum atomic E-state index is -0.227. The van der Waals surface area contributed by atoms with Crippen LogP contribution in [0.2, 0.25) is 0 Å². The van der Waals surface area contributed by atoms with Gasteiger partial charge >= 0.3 is 0 Å². The third-order valence-electron chi connectivity index (χ3n) is 4.06. The minimum Gasteiger partial charge on any atom is -0.490 e. The second-order valence-corrected chi connectivity index (χ2v) is 6.11. The van der Waals surface area contributed by atoms with Crippen molar-refractivity contribution in [2.24, 2.45) is 0 Å². The summed E-state index contributed by atoms with van der Waals surface area (Å²) in [7, 11) is 0. The van der Waals surface area contributed by atoms with Crippen molar-refractivity contribution in [2.75, 3.05) is 13.2 Å². The van der Waals surface area contributed by atoms with Gasteiger partial charge in [0.15, 0.2) is 23.0 Å². The van der Waals surface area contributed by atoms with E-state index in [9.17, 15) is 4.79 Å². The number of nitrogens with zero attached hydrogens (tertiary/aromatic N) is 3. The molecule has 1 N–H and O–H groups in total. The number of aromatic nitrogens is 3. The number of rotatable bonds is 9. The lowest BCUT2D eigenvalue weighted by molar-refractivity contribution is -0.122. The number of pyridine rings is 1. The van der Waals surface area contributed by atoms with Crippen molar-refractivity contribution in [1.82, 2.24) is 19.9 Å². The van der Waals surface area contributed by atoms with E-state index in [-0.39, 0.29) is 11.9 Å². The zero-order chi connectivity index (χ0) is 19.1. The smallest absolute Gasteiger partial charge is 0.220 e. The number of benzene rings is 1. The molecular weight excluding hydrogens is 344 g/mol. The van der Waals surface area contributed by atoms with Gasteiger partial charge in [0.25, 0.3) is 0 Å². The van der Waals surface area contributed by atoms with Crippen molar-refractivity contribution in [2.45, 2.75) is 32.7 Å². The molecule has 0 fully saturated rings. The predicted octanol–water partition coefficient (Wildman–Crippen LogP) is 3.16. The van der Waals surface area contributed by atoms with Crippen LogP contribution in [0.25, 0.3) is 5.65 Å². The first-order chi connectivity index (χ1) is 13.2. The predicted molar refractivity (Wildman–Crippen MR) is 102 cm³/mol. The lowest BCUT2D eigenvalue weighted by Gasteiger charge is -2.13. The van der Waals surface area contributed by atoms with Gasteiger partial charge < -0.3 is 14.8 Å². The maximum atomic E-state index is 12.2. The van der Waals surface area contributed by atoms with Crippen molar-refractivity contribution in [3.8, 4) is 11.5 Å². The maximum Gasteiger partial charge on any atom is 0.220 e. The third kappa shape index (κ3) is 4.75. The van der Waals surface area contributed by atoms with E-state index in [0.717, 1.165) is 11.4 Å². The van der Waals surface area contributed by atoms with Crippen LogP contribution in [-0.2, 0) is 4.79 Å². The highest BCUT2D eigenvalue weighted by Crippen LogP contribution is 2.26. The maximum absolute atomic E-state index is 12.2. The van der Waals surface area contributed by atoms with E-state index in [1.54, 1.807) is 0 Å². The van der Waals surface area contributed by atoms with Gasteiger partial charge in [0.1, 0.15) is 0 Å². The van der Waals surface area contributed by atoms with Crippen LogP contribution < -0.4 is 14.8 Å². The summed E-state index contributed by atoms with van der Waals surface area (Å²) in [5, 5.41) is 11.2. The molecule has 7 heteroatoms. The molecule has 3 rings (SSSR count). The number of amides is 1. The largest absolute Gasteiger partial charge is 0.490 e. The lowest BCUT2D eigenvalue weighted by Crippen LogP contribution is -2.28. The number of hydrogen-bond donors (Lipinski definition) is 1. The van der Waals surface area contributed by atoms with Crippen LogP contribution in [0.5, 0.6) is 11.5 Å². The fraction of sp³-hybridized carbons (Fsp3) is 0.350. The van der Waals surface area contributed by atoms with Gasteiger partial charge in [-0.2, -0.15) is 0 Å². The summed E-state index contributed by atoms with van der Waals surface area (Å²) in [6.07, 6.45) is 2.87. The summed E-state index contributed by atoms with van der Waals surface area (Å²) >= 11 is 0. The molecule has 0 aliphatic rings. The van der Waals surface area contributed by atoms with Crippen LogP contribution in [0.1, 0.15) is 38.6 Å². The quantitative estimate of drug-likeness (QED) is 0.587. The van der Waals surface area contributed by atoms with E-state index in [4.69, 9.17) is 9.47 Å². The van der Waals surface area contributed by atoms with Gasteiger partial charge in [0.05, 0.1) is 19.3 Å². The van der Waals surface area contributed by atoms with E-state index in [1.807, 2.05) is 66.9 Å². The summed E-state index contributed by atoms with van der Waals surface area (Å²) in [6, 6.07) is 13.0. The van der Waals surface area contributed by atoms with Crippen LogP contribution in [0.3, 0.4) is 0 Å². The van der Waals surface area contributed by atoms with Gasteiger partial charge in [-0.05, 0) is 44.5 Å². The second kappa shape index (κ2) is 9.02. The molecule has 3 aromatic rings. The Balaban J connectivity index is 1.46. The molecule has 0 spiro atoms. The van der Waals surface area contributed by atoms with Crippen molar-refractivity contribution in [1.29, 1.82) is 0 Å². The Hall–Kier alpha value is -3.09. The first-order valence-corrected chi connectivity index (χ1v) is 9.12. The Morgan fingerprint density at radius 2 is 1.85 bits per heavy atom. The zero-order valence-electron chi connectivity index (χ0n) is 15.6. The van der Waals surface area contributed by atoms with Crippen LogP contribution in [-0.4, -0.2) is 33.7 Å². The Morgan fingerprint density at radius 3 is 2.63 bits per heavy atom. The van der Waals surface area contributed by atoms with Crippen molar-refractivity contribution < 1.29 is 14.3 Å². The molecule has 2 aromatic heterocycles. The topological polar surface area (TPSA) is 77.8 Å². The number of ether oxygens (including phenoxy) is 2. The molecule has 0 aliphatic carbocycles. The minimum absolute atomic E-state index is 0.0446. The van der Waals surface area contributed by atoms with Gasteiger partial charge in [-0.3, -0.25) is 9.20 Å². The van der Waals surface area contributed by atoms with Gasteiger partial charge in [-0.15, -0.1) is 10.2 Å². The van der Waals surface area contributed by atoms with Crippen LogP contribution in [0, 0.1) is 0 Å². The summed E-state index contributed by atoms with van der Waals surface area (Å²) in [5.74, 6) is 2.08. The van der Waals surface area contributed by atoms with E-state index in [0.29, 0.717) is 37.6 Å². The average molecular weight is 368 g/mol. The number of para-hydroxylation sites is 2. The zero-order valence-corrected chi connectivity index (χ0v) is 15.6. The first-order valence-electron chi connectivity index (χ1n) is 9.12. The van der Waals surface area contributed by atoms with Crippen LogP contribution >= 0.6 is 0 Å². The van der Waals surface area contributed by atoms with Crippen molar-refractivity contribution in [3.63, 3.8) is 0 Å². The summed E-state index contributed by atoms with van der Waals surface area (Å²) in [6.45, 7) is 4.86. The number of carbonyl (C=O) groups is 1. The van der Waals surface area contributed by atoms with Gasteiger partial charge in [0.2, 0.25) is 5.91 Å². The van der Waals surface area contributed by atoms with Gasteiger partial charge in [0, 0.05) is 12.6 Å². The number of carbonyl (C=O) groups excluding carboxylic acids is 1. The van der Waals surface area contributed by atoms with E-state index in [2.05, 4.69) is 15.5 Å². The highest BCUT2D eigenvalue weighted by Gasteiger charge is 2.15. The molecule has 7 nitrogen and oxygen atoms in total. The fourth-order valence-corrected chi connectivity index (χ4v) is 2.79. The fourth-order valence-electron chi connectivity index (χ4n) is 2.79. The Kier molecular flexibility index (Phi) is 6.25. The third-order valence-corrected chi connectivity index (χ3v) is 4.06. The number of hydrogen-bond acceptors (Lipinski definition) is 5. The molecule has 0 aliphatic heterocycles. The molecule has 0 bridgehead atoms. The molecule has 0 saturated heterocycles. The molecule has 1 aromatic carbocycles. The molecular formula is C20H24N4O3. The molecule has 1 unspecified atom stereocenters. The average Bonchev–Trinajstić information content (AvgIpc) is 3.11. The lowest BCUT2D eigenvalue weighted by atomic mass is 10.2. The number of fused-ring (bicyclic) bond motifs is 1.